The van der Waals surface area contributed by atoms with Gasteiger partial charge in [-0.1, -0.05) is 11.6 Å². The molecule has 2 aromatic rings. The first kappa shape index (κ1) is 9.79. The number of nitrogens with one attached hydrogen (secondary N) is 1. The summed E-state index contributed by atoms with van der Waals surface area (Å²) in [5.41, 5.74) is 0.842. The fourth-order valence-electron chi connectivity index (χ4n) is 1.02. The molecule has 0 radical (unpaired) electrons. The smallest absolute Gasteiger partial charge is 0.151 e. The van der Waals surface area contributed by atoms with Crippen LogP contribution in [0.25, 0.3) is 0 Å². The average Bonchev–Trinajstić information content (AvgIpc) is 2.30. The van der Waals surface area contributed by atoms with Crippen LogP contribution in [0.5, 0.6) is 0 Å². The predicted octanol–water partition coefficient (Wildman–Crippen LogP) is 1.53. The molecule has 0 atom stereocenters. The first-order chi connectivity index (χ1) is 7.34. The van der Waals surface area contributed by atoms with Crippen LogP contribution in [0.2, 0.25) is 5.15 Å². The number of halogens is 1. The second-order valence-electron chi connectivity index (χ2n) is 2.81. The number of rotatable bonds is 3. The fourth-order valence-corrected chi connectivity index (χ4v) is 1.12. The van der Waals surface area contributed by atoms with Crippen LogP contribution in [0.3, 0.4) is 0 Å². The van der Waals surface area contributed by atoms with E-state index in [1.807, 2.05) is 12.1 Å². The maximum absolute atomic E-state index is 5.61. The molecule has 0 saturated heterocycles. The van der Waals surface area contributed by atoms with Crippen molar-refractivity contribution in [2.24, 2.45) is 0 Å². The van der Waals surface area contributed by atoms with E-state index in [1.165, 1.54) is 0 Å². The van der Waals surface area contributed by atoms with Crippen molar-refractivity contribution < 1.29 is 0 Å². The zero-order valence-corrected chi connectivity index (χ0v) is 8.52. The van der Waals surface area contributed by atoms with Gasteiger partial charge in [0.25, 0.3) is 0 Å². The zero-order valence-electron chi connectivity index (χ0n) is 7.76. The van der Waals surface area contributed by atoms with Gasteiger partial charge in [-0.3, -0.25) is 0 Å². The molecule has 2 rings (SSSR count). The Bertz CT molecular complexity index is 416. The van der Waals surface area contributed by atoms with E-state index in [1.54, 1.807) is 18.3 Å². The van der Waals surface area contributed by atoms with Crippen LogP contribution in [-0.2, 0) is 6.54 Å². The van der Waals surface area contributed by atoms with Crippen molar-refractivity contribution in [2.45, 2.75) is 6.54 Å². The molecule has 2 aromatic heterocycles. The van der Waals surface area contributed by atoms with Crippen molar-refractivity contribution in [3.63, 3.8) is 0 Å². The Hall–Kier alpha value is -1.75. The zero-order chi connectivity index (χ0) is 10.5. The molecule has 6 heteroatoms. The lowest BCUT2D eigenvalue weighted by Gasteiger charge is -2.02. The number of nitrogens with zero attached hydrogens (tertiary/aromatic N) is 4. The van der Waals surface area contributed by atoms with Crippen LogP contribution < -0.4 is 5.32 Å². The van der Waals surface area contributed by atoms with E-state index < -0.39 is 0 Å². The van der Waals surface area contributed by atoms with Crippen molar-refractivity contribution in [1.82, 2.24) is 20.4 Å². The number of hydrogen-bond donors (Lipinski definition) is 1. The molecule has 2 heterocycles. The maximum Gasteiger partial charge on any atom is 0.151 e. The summed E-state index contributed by atoms with van der Waals surface area (Å²) in [5, 5.41) is 18.7. The third-order valence-electron chi connectivity index (χ3n) is 1.71. The highest BCUT2D eigenvalue weighted by Gasteiger charge is 1.96. The topological polar surface area (TPSA) is 63.6 Å². The van der Waals surface area contributed by atoms with Crippen molar-refractivity contribution in [2.75, 3.05) is 5.32 Å². The Balaban J connectivity index is 1.96. The van der Waals surface area contributed by atoms with E-state index >= 15 is 0 Å². The molecule has 0 amide bonds. The van der Waals surface area contributed by atoms with Crippen molar-refractivity contribution in [1.29, 1.82) is 0 Å². The molecule has 0 bridgehead atoms. The van der Waals surface area contributed by atoms with Crippen LogP contribution in [-0.4, -0.2) is 20.4 Å². The molecule has 0 fully saturated rings. The summed E-state index contributed by atoms with van der Waals surface area (Å²) >= 11 is 5.61. The van der Waals surface area contributed by atoms with Crippen molar-refractivity contribution in [3.8, 4) is 0 Å². The van der Waals surface area contributed by atoms with Gasteiger partial charge in [-0.2, -0.15) is 10.2 Å². The minimum atomic E-state index is 0.375. The number of hydrogen-bond acceptors (Lipinski definition) is 5. The Morgan fingerprint density at radius 3 is 2.73 bits per heavy atom. The summed E-state index contributed by atoms with van der Waals surface area (Å²) in [4.78, 5) is 0. The second-order valence-corrected chi connectivity index (χ2v) is 3.20. The van der Waals surface area contributed by atoms with Gasteiger partial charge in [-0.25, -0.2) is 0 Å². The number of anilines is 1. The molecule has 0 spiro atoms. The molecule has 76 valence electrons. The normalized spacial score (nSPS) is 9.93. The van der Waals surface area contributed by atoms with Crippen LogP contribution >= 0.6 is 11.6 Å². The summed E-state index contributed by atoms with van der Waals surface area (Å²) in [6.07, 6.45) is 1.63. The highest BCUT2D eigenvalue weighted by Crippen LogP contribution is 2.06. The highest BCUT2D eigenvalue weighted by atomic mass is 35.5. The highest BCUT2D eigenvalue weighted by molar-refractivity contribution is 6.29. The molecule has 0 aliphatic rings. The van der Waals surface area contributed by atoms with Gasteiger partial charge < -0.3 is 5.32 Å². The van der Waals surface area contributed by atoms with Crippen LogP contribution in [0.1, 0.15) is 5.69 Å². The van der Waals surface area contributed by atoms with Crippen molar-refractivity contribution >= 4 is 17.4 Å². The molecule has 1 N–H and O–H groups in total. The first-order valence-electron chi connectivity index (χ1n) is 4.34. The van der Waals surface area contributed by atoms with Gasteiger partial charge in [0.15, 0.2) is 5.15 Å². The minimum absolute atomic E-state index is 0.375. The molecule has 0 unspecified atom stereocenters. The third-order valence-corrected chi connectivity index (χ3v) is 1.91. The Labute approximate surface area is 91.5 Å². The largest absolute Gasteiger partial charge is 0.363 e. The summed E-state index contributed by atoms with van der Waals surface area (Å²) in [7, 11) is 0. The first-order valence-corrected chi connectivity index (χ1v) is 4.72. The van der Waals surface area contributed by atoms with Crippen molar-refractivity contribution in [3.05, 3.63) is 41.3 Å². The minimum Gasteiger partial charge on any atom is -0.363 e. The molecule has 0 aromatic carbocycles. The van der Waals surface area contributed by atoms with Gasteiger partial charge in [-0.15, -0.1) is 10.2 Å². The van der Waals surface area contributed by atoms with Gasteiger partial charge >= 0.3 is 0 Å². The fraction of sp³-hybridized carbons (Fsp3) is 0.111. The molecule has 15 heavy (non-hydrogen) atoms. The number of aromatic nitrogens is 4. The van der Waals surface area contributed by atoms with E-state index in [2.05, 4.69) is 25.7 Å². The molecular weight excluding hydrogens is 214 g/mol. The molecular formula is C9H8ClN5. The van der Waals surface area contributed by atoms with Gasteiger partial charge in [-0.05, 0) is 24.3 Å². The van der Waals surface area contributed by atoms with E-state index in [4.69, 9.17) is 11.6 Å². The SMILES string of the molecule is Clc1ccc(NCc2cccnn2)nn1. The van der Waals surface area contributed by atoms with Crippen LogP contribution in [0, 0.1) is 0 Å². The second kappa shape index (κ2) is 4.65. The van der Waals surface area contributed by atoms with Gasteiger partial charge in [0.05, 0.1) is 12.2 Å². The van der Waals surface area contributed by atoms with E-state index in [0.717, 1.165) is 5.69 Å². The Morgan fingerprint density at radius 2 is 2.07 bits per heavy atom. The molecule has 5 nitrogen and oxygen atoms in total. The van der Waals surface area contributed by atoms with E-state index in [-0.39, 0.29) is 0 Å². The molecule has 0 aliphatic heterocycles. The lowest BCUT2D eigenvalue weighted by atomic mass is 10.4. The summed E-state index contributed by atoms with van der Waals surface area (Å²) < 4.78 is 0. The molecule has 0 saturated carbocycles. The van der Waals surface area contributed by atoms with Crippen LogP contribution in [0.15, 0.2) is 30.5 Å². The lowest BCUT2D eigenvalue weighted by Crippen LogP contribution is -2.04. The van der Waals surface area contributed by atoms with E-state index in [9.17, 15) is 0 Å². The quantitative estimate of drug-likeness (QED) is 0.852. The molecule has 0 aliphatic carbocycles. The van der Waals surface area contributed by atoms with Gasteiger partial charge in [0.2, 0.25) is 0 Å². The van der Waals surface area contributed by atoms with E-state index in [0.29, 0.717) is 17.5 Å². The van der Waals surface area contributed by atoms with Crippen LogP contribution in [0.4, 0.5) is 5.82 Å². The Morgan fingerprint density at radius 1 is 1.13 bits per heavy atom. The average molecular weight is 222 g/mol. The lowest BCUT2D eigenvalue weighted by molar-refractivity contribution is 0.911. The Kier molecular flexibility index (Phi) is 3.04. The van der Waals surface area contributed by atoms with Gasteiger partial charge in [0, 0.05) is 6.20 Å². The summed E-state index contributed by atoms with van der Waals surface area (Å²) in [6, 6.07) is 7.14. The predicted molar refractivity (Wildman–Crippen MR) is 56.4 cm³/mol. The summed E-state index contributed by atoms with van der Waals surface area (Å²) in [5.74, 6) is 0.657. The maximum atomic E-state index is 5.61. The summed E-state index contributed by atoms with van der Waals surface area (Å²) in [6.45, 7) is 0.560. The monoisotopic (exact) mass is 221 g/mol. The third kappa shape index (κ3) is 2.85. The standard InChI is InChI=1S/C9H8ClN5/c10-8-3-4-9(15-14-8)11-6-7-2-1-5-12-13-7/h1-5H,6H2,(H,11,15). The van der Waals surface area contributed by atoms with Gasteiger partial charge in [0.1, 0.15) is 5.82 Å².